The van der Waals surface area contributed by atoms with Crippen molar-refractivity contribution in [2.24, 2.45) is 10.9 Å². The van der Waals surface area contributed by atoms with Gasteiger partial charge in [0.15, 0.2) is 5.96 Å². The summed E-state index contributed by atoms with van der Waals surface area (Å²) in [5, 5.41) is 7.67. The molecule has 0 amide bonds. The first-order valence-corrected chi connectivity index (χ1v) is 10.9. The molecule has 1 aliphatic carbocycles. The molecule has 30 heavy (non-hydrogen) atoms. The molecular formula is C23H34IN5O. The van der Waals surface area contributed by atoms with E-state index in [1.54, 1.807) is 6.26 Å². The summed E-state index contributed by atoms with van der Waals surface area (Å²) in [5.74, 6) is 2.54. The van der Waals surface area contributed by atoms with Gasteiger partial charge in [-0.3, -0.25) is 9.89 Å². The molecule has 4 rings (SSSR count). The molecule has 1 saturated heterocycles. The molecule has 1 saturated carbocycles. The Labute approximate surface area is 197 Å². The minimum absolute atomic E-state index is 0. The molecule has 2 fully saturated rings. The Bertz CT molecular complexity index is 751. The first-order valence-electron chi connectivity index (χ1n) is 10.9. The van der Waals surface area contributed by atoms with E-state index in [2.05, 4.69) is 55.6 Å². The van der Waals surface area contributed by atoms with Gasteiger partial charge in [0.2, 0.25) is 0 Å². The number of rotatable bonds is 5. The van der Waals surface area contributed by atoms with E-state index < -0.39 is 0 Å². The van der Waals surface area contributed by atoms with Crippen LogP contribution in [0.5, 0.6) is 0 Å². The van der Waals surface area contributed by atoms with E-state index in [0.717, 1.165) is 62.8 Å². The average Bonchev–Trinajstić information content (AvgIpc) is 3.29. The molecule has 1 N–H and O–H groups in total. The fourth-order valence-electron chi connectivity index (χ4n) is 4.66. The molecule has 1 aromatic heterocycles. The van der Waals surface area contributed by atoms with Gasteiger partial charge >= 0.3 is 0 Å². The van der Waals surface area contributed by atoms with Crippen molar-refractivity contribution in [1.29, 1.82) is 0 Å². The lowest BCUT2D eigenvalue weighted by molar-refractivity contribution is 0.168. The molecule has 0 atom stereocenters. The molecule has 7 heteroatoms. The van der Waals surface area contributed by atoms with Gasteiger partial charge in [-0.05, 0) is 43.1 Å². The highest BCUT2D eigenvalue weighted by Crippen LogP contribution is 2.35. The van der Waals surface area contributed by atoms with Gasteiger partial charge < -0.3 is 14.7 Å². The fraction of sp³-hybridized carbons (Fsp3) is 0.565. The van der Waals surface area contributed by atoms with E-state index in [1.807, 2.05) is 13.1 Å². The molecule has 2 aromatic rings. The van der Waals surface area contributed by atoms with Crippen LogP contribution in [0.25, 0.3) is 0 Å². The number of hydrogen-bond acceptors (Lipinski definition) is 4. The lowest BCUT2D eigenvalue weighted by Gasteiger charge is -2.37. The summed E-state index contributed by atoms with van der Waals surface area (Å²) in [5.41, 5.74) is 2.52. The summed E-state index contributed by atoms with van der Waals surface area (Å²) in [6, 6.07) is 13.0. The zero-order valence-corrected chi connectivity index (χ0v) is 20.2. The van der Waals surface area contributed by atoms with E-state index in [9.17, 15) is 0 Å². The normalized spacial score (nSPS) is 23.1. The zero-order valence-electron chi connectivity index (χ0n) is 17.9. The van der Waals surface area contributed by atoms with Gasteiger partial charge in [-0.25, -0.2) is 0 Å². The molecule has 2 heterocycles. The summed E-state index contributed by atoms with van der Waals surface area (Å²) in [4.78, 5) is 9.35. The smallest absolute Gasteiger partial charge is 0.193 e. The minimum Gasteiger partial charge on any atom is -0.364 e. The lowest BCUT2D eigenvalue weighted by Crippen LogP contribution is -2.52. The number of nitrogens with zero attached hydrogens (tertiary/aromatic N) is 4. The maximum Gasteiger partial charge on any atom is 0.193 e. The highest BCUT2D eigenvalue weighted by molar-refractivity contribution is 14.0. The van der Waals surface area contributed by atoms with Crippen LogP contribution in [0.15, 0.2) is 52.2 Å². The largest absolute Gasteiger partial charge is 0.364 e. The first kappa shape index (κ1) is 23.1. The van der Waals surface area contributed by atoms with Gasteiger partial charge in [0, 0.05) is 52.4 Å². The molecule has 1 aromatic carbocycles. The maximum atomic E-state index is 4.94. The van der Waals surface area contributed by atoms with E-state index >= 15 is 0 Å². The van der Waals surface area contributed by atoms with Crippen LogP contribution in [0.4, 0.5) is 0 Å². The third-order valence-electron chi connectivity index (χ3n) is 6.43. The van der Waals surface area contributed by atoms with Gasteiger partial charge in [-0.1, -0.05) is 35.5 Å². The number of hydrogen-bond donors (Lipinski definition) is 1. The summed E-state index contributed by atoms with van der Waals surface area (Å²) >= 11 is 0. The van der Waals surface area contributed by atoms with Gasteiger partial charge in [-0.2, -0.15) is 0 Å². The van der Waals surface area contributed by atoms with E-state index in [1.165, 1.54) is 31.2 Å². The van der Waals surface area contributed by atoms with Crippen LogP contribution in [-0.4, -0.2) is 60.7 Å². The quantitative estimate of drug-likeness (QED) is 0.366. The molecule has 0 bridgehead atoms. The molecular weight excluding hydrogens is 489 g/mol. The third-order valence-corrected chi connectivity index (χ3v) is 6.43. The zero-order chi connectivity index (χ0) is 19.9. The standard InChI is InChI=1S/C23H33N5O.HI/c1-24-23(28-14-12-27(13-15-28)18-22-11-16-29-26-22)25-17-19-7-9-21(10-8-19)20-5-3-2-4-6-20;/h2-6,11,16,19,21H,7-10,12-15,17-18H2,1H3,(H,24,25);1H. The van der Waals surface area contributed by atoms with Gasteiger partial charge in [0.25, 0.3) is 0 Å². The second-order valence-electron chi connectivity index (χ2n) is 8.31. The Morgan fingerprint density at radius 3 is 2.43 bits per heavy atom. The third kappa shape index (κ3) is 6.20. The Morgan fingerprint density at radius 2 is 1.80 bits per heavy atom. The van der Waals surface area contributed by atoms with Crippen LogP contribution in [0.3, 0.4) is 0 Å². The van der Waals surface area contributed by atoms with Crippen LogP contribution >= 0.6 is 24.0 Å². The number of nitrogens with one attached hydrogen (secondary N) is 1. The SMILES string of the molecule is CN=C(NCC1CCC(c2ccccc2)CC1)N1CCN(Cc2ccon2)CC1.I. The lowest BCUT2D eigenvalue weighted by atomic mass is 9.79. The number of piperazine rings is 1. The predicted octanol–water partition coefficient (Wildman–Crippen LogP) is 3.96. The van der Waals surface area contributed by atoms with Crippen molar-refractivity contribution in [3.05, 3.63) is 53.9 Å². The summed E-state index contributed by atoms with van der Waals surface area (Å²) < 4.78 is 4.94. The summed E-state index contributed by atoms with van der Waals surface area (Å²) in [7, 11) is 1.90. The molecule has 0 radical (unpaired) electrons. The Hall–Kier alpha value is -1.61. The highest BCUT2D eigenvalue weighted by atomic mass is 127. The topological polar surface area (TPSA) is 56.9 Å². The van der Waals surface area contributed by atoms with Crippen molar-refractivity contribution in [1.82, 2.24) is 20.3 Å². The van der Waals surface area contributed by atoms with Crippen molar-refractivity contribution < 1.29 is 4.52 Å². The van der Waals surface area contributed by atoms with Crippen molar-refractivity contribution in [2.45, 2.75) is 38.1 Å². The molecule has 1 aliphatic heterocycles. The first-order chi connectivity index (χ1) is 14.3. The fourth-order valence-corrected chi connectivity index (χ4v) is 4.66. The van der Waals surface area contributed by atoms with Crippen LogP contribution in [-0.2, 0) is 6.54 Å². The predicted molar refractivity (Wildman–Crippen MR) is 131 cm³/mol. The maximum absolute atomic E-state index is 4.94. The number of benzene rings is 1. The highest BCUT2D eigenvalue weighted by Gasteiger charge is 2.24. The number of halogens is 1. The van der Waals surface area contributed by atoms with Gasteiger partial charge in [0.05, 0.1) is 5.69 Å². The molecule has 0 unspecified atom stereocenters. The number of guanidine groups is 1. The van der Waals surface area contributed by atoms with Crippen molar-refractivity contribution in [3.8, 4) is 0 Å². The Kier molecular flexibility index (Phi) is 8.99. The minimum atomic E-state index is 0. The second kappa shape index (κ2) is 11.7. The molecule has 164 valence electrons. The van der Waals surface area contributed by atoms with Gasteiger partial charge in [0.1, 0.15) is 6.26 Å². The van der Waals surface area contributed by atoms with Crippen molar-refractivity contribution >= 4 is 29.9 Å². The van der Waals surface area contributed by atoms with Crippen LogP contribution in [0.2, 0.25) is 0 Å². The molecule has 2 aliphatic rings. The van der Waals surface area contributed by atoms with Crippen molar-refractivity contribution in [2.75, 3.05) is 39.8 Å². The molecule has 0 spiro atoms. The summed E-state index contributed by atoms with van der Waals surface area (Å²) in [6.07, 6.45) is 6.85. The van der Waals surface area contributed by atoms with Crippen LogP contribution < -0.4 is 5.32 Å². The number of aliphatic imine (C=N–C) groups is 1. The van der Waals surface area contributed by atoms with E-state index in [4.69, 9.17) is 4.52 Å². The summed E-state index contributed by atoms with van der Waals surface area (Å²) in [6.45, 7) is 5.94. The van der Waals surface area contributed by atoms with Gasteiger partial charge in [-0.15, -0.1) is 24.0 Å². The Balaban J connectivity index is 0.00000256. The monoisotopic (exact) mass is 523 g/mol. The van der Waals surface area contributed by atoms with E-state index in [0.29, 0.717) is 0 Å². The van der Waals surface area contributed by atoms with Crippen LogP contribution in [0, 0.1) is 5.92 Å². The average molecular weight is 523 g/mol. The number of aromatic nitrogens is 1. The molecule has 6 nitrogen and oxygen atoms in total. The Morgan fingerprint density at radius 1 is 1.07 bits per heavy atom. The second-order valence-corrected chi connectivity index (χ2v) is 8.31. The van der Waals surface area contributed by atoms with E-state index in [-0.39, 0.29) is 24.0 Å². The van der Waals surface area contributed by atoms with Crippen LogP contribution in [0.1, 0.15) is 42.9 Å². The van der Waals surface area contributed by atoms with Crippen molar-refractivity contribution in [3.63, 3.8) is 0 Å².